The van der Waals surface area contributed by atoms with Crippen LogP contribution in [-0.4, -0.2) is 9.97 Å². The van der Waals surface area contributed by atoms with E-state index in [1.807, 2.05) is 6.20 Å². The van der Waals surface area contributed by atoms with Crippen molar-refractivity contribution < 1.29 is 0 Å². The fraction of sp³-hybridized carbons (Fsp3) is 0.188. The highest BCUT2D eigenvalue weighted by molar-refractivity contribution is 5.83. The molecule has 0 spiro atoms. The van der Waals surface area contributed by atoms with Crippen LogP contribution in [0.25, 0.3) is 10.8 Å². The lowest BCUT2D eigenvalue weighted by molar-refractivity contribution is 0.562. The molecule has 1 unspecified atom stereocenters. The summed E-state index contributed by atoms with van der Waals surface area (Å²) >= 11 is 0. The predicted molar refractivity (Wildman–Crippen MR) is 77.8 cm³/mol. The summed E-state index contributed by atoms with van der Waals surface area (Å²) < 4.78 is 0. The summed E-state index contributed by atoms with van der Waals surface area (Å²) in [7, 11) is 0. The van der Waals surface area contributed by atoms with E-state index in [2.05, 4.69) is 64.7 Å². The van der Waals surface area contributed by atoms with Crippen LogP contribution < -0.4 is 5.32 Å². The van der Waals surface area contributed by atoms with Crippen LogP contribution >= 0.6 is 0 Å². The molecule has 96 valence electrons. The van der Waals surface area contributed by atoms with Gasteiger partial charge in [0.15, 0.2) is 0 Å². The van der Waals surface area contributed by atoms with Gasteiger partial charge in [-0.05, 0) is 29.3 Å². The second-order valence-corrected chi connectivity index (χ2v) is 4.75. The minimum absolute atomic E-state index is 0.301. The Morgan fingerprint density at radius 2 is 2.00 bits per heavy atom. The molecule has 0 aliphatic heterocycles. The van der Waals surface area contributed by atoms with E-state index in [1.165, 1.54) is 16.3 Å². The van der Waals surface area contributed by atoms with Gasteiger partial charge in [-0.25, -0.2) is 4.98 Å². The second-order valence-electron chi connectivity index (χ2n) is 4.75. The minimum Gasteiger partial charge on any atom is -0.348 e. The first kappa shape index (κ1) is 11.9. The lowest BCUT2D eigenvalue weighted by atomic mass is 10.0. The molecule has 0 aliphatic rings. The average Bonchev–Trinajstić information content (AvgIpc) is 2.97. The lowest BCUT2D eigenvalue weighted by Crippen LogP contribution is -2.18. The van der Waals surface area contributed by atoms with Gasteiger partial charge < -0.3 is 10.3 Å². The third-order valence-corrected chi connectivity index (χ3v) is 3.40. The van der Waals surface area contributed by atoms with E-state index in [0.29, 0.717) is 6.04 Å². The number of nitrogens with zero attached hydrogens (tertiary/aromatic N) is 1. The summed E-state index contributed by atoms with van der Waals surface area (Å²) in [5, 5.41) is 6.04. The van der Waals surface area contributed by atoms with Gasteiger partial charge >= 0.3 is 0 Å². The quantitative estimate of drug-likeness (QED) is 0.746. The van der Waals surface area contributed by atoms with E-state index < -0.39 is 0 Å². The molecule has 0 bridgehead atoms. The van der Waals surface area contributed by atoms with Crippen LogP contribution in [0.2, 0.25) is 0 Å². The molecule has 3 nitrogen and oxygen atoms in total. The van der Waals surface area contributed by atoms with Crippen LogP contribution in [0.5, 0.6) is 0 Å². The van der Waals surface area contributed by atoms with Gasteiger partial charge in [-0.2, -0.15) is 0 Å². The van der Waals surface area contributed by atoms with Crippen LogP contribution in [-0.2, 0) is 6.54 Å². The van der Waals surface area contributed by atoms with Gasteiger partial charge in [-0.3, -0.25) is 0 Å². The maximum atomic E-state index is 4.21. The number of hydrogen-bond donors (Lipinski definition) is 2. The Hall–Kier alpha value is -2.13. The Morgan fingerprint density at radius 3 is 2.79 bits per heavy atom. The fourth-order valence-electron chi connectivity index (χ4n) is 2.24. The molecule has 0 amide bonds. The van der Waals surface area contributed by atoms with Gasteiger partial charge in [0, 0.05) is 18.4 Å². The number of benzene rings is 2. The highest BCUT2D eigenvalue weighted by Gasteiger charge is 2.06. The molecule has 0 saturated heterocycles. The molecule has 1 aromatic heterocycles. The molecule has 1 heterocycles. The van der Waals surface area contributed by atoms with Gasteiger partial charge in [0.2, 0.25) is 0 Å². The Bertz CT molecular complexity index is 659. The van der Waals surface area contributed by atoms with E-state index in [1.54, 1.807) is 6.20 Å². The molecule has 2 N–H and O–H groups in total. The summed E-state index contributed by atoms with van der Waals surface area (Å²) in [5.41, 5.74) is 1.30. The Labute approximate surface area is 112 Å². The highest BCUT2D eigenvalue weighted by Crippen LogP contribution is 2.20. The van der Waals surface area contributed by atoms with Crippen molar-refractivity contribution >= 4 is 10.8 Å². The zero-order valence-corrected chi connectivity index (χ0v) is 10.9. The predicted octanol–water partition coefficient (Wildman–Crippen LogP) is 3.41. The number of imidazole rings is 1. The zero-order valence-electron chi connectivity index (χ0n) is 10.9. The van der Waals surface area contributed by atoms with E-state index >= 15 is 0 Å². The molecule has 2 aromatic carbocycles. The van der Waals surface area contributed by atoms with E-state index in [9.17, 15) is 0 Å². The van der Waals surface area contributed by atoms with Crippen LogP contribution in [0.15, 0.2) is 54.9 Å². The summed E-state index contributed by atoms with van der Waals surface area (Å²) in [5.74, 6) is 0.965. The average molecular weight is 251 g/mol. The number of hydrogen-bond acceptors (Lipinski definition) is 2. The van der Waals surface area contributed by atoms with Crippen molar-refractivity contribution in [2.45, 2.75) is 19.5 Å². The van der Waals surface area contributed by atoms with Gasteiger partial charge in [-0.1, -0.05) is 36.4 Å². The number of nitrogens with one attached hydrogen (secondary N) is 2. The summed E-state index contributed by atoms with van der Waals surface area (Å²) in [6, 6.07) is 15.3. The normalized spacial score (nSPS) is 12.7. The molecule has 0 aliphatic carbocycles. The zero-order chi connectivity index (χ0) is 13.1. The van der Waals surface area contributed by atoms with Crippen molar-refractivity contribution in [3.63, 3.8) is 0 Å². The summed E-state index contributed by atoms with van der Waals surface area (Å²) in [6.07, 6.45) is 3.62. The standard InChI is InChI=1S/C16H17N3/c1-12(19-11-16-17-8-9-18-16)14-7-6-13-4-2-3-5-15(13)10-14/h2-10,12,19H,11H2,1H3,(H,17,18). The Morgan fingerprint density at radius 1 is 1.16 bits per heavy atom. The summed E-state index contributed by atoms with van der Waals surface area (Å²) in [6.45, 7) is 2.92. The minimum atomic E-state index is 0.301. The van der Waals surface area contributed by atoms with Crippen molar-refractivity contribution in [2.75, 3.05) is 0 Å². The number of H-pyrrole nitrogens is 1. The molecule has 0 saturated carbocycles. The summed E-state index contributed by atoms with van der Waals surface area (Å²) in [4.78, 5) is 7.31. The van der Waals surface area contributed by atoms with Gasteiger partial charge in [0.1, 0.15) is 5.82 Å². The van der Waals surface area contributed by atoms with Crippen LogP contribution in [0.1, 0.15) is 24.4 Å². The van der Waals surface area contributed by atoms with E-state index in [-0.39, 0.29) is 0 Å². The largest absolute Gasteiger partial charge is 0.348 e. The molecule has 19 heavy (non-hydrogen) atoms. The van der Waals surface area contributed by atoms with Crippen LogP contribution in [0.3, 0.4) is 0 Å². The third kappa shape index (κ3) is 2.66. The van der Waals surface area contributed by atoms with E-state index in [0.717, 1.165) is 12.4 Å². The van der Waals surface area contributed by atoms with E-state index in [4.69, 9.17) is 0 Å². The SMILES string of the molecule is CC(NCc1ncc[nH]1)c1ccc2ccccc2c1. The molecule has 1 atom stereocenters. The first-order valence-electron chi connectivity index (χ1n) is 6.53. The van der Waals surface area contributed by atoms with Gasteiger partial charge in [0.25, 0.3) is 0 Å². The van der Waals surface area contributed by atoms with Gasteiger partial charge in [0.05, 0.1) is 6.54 Å². The molecule has 0 fully saturated rings. The molecule has 3 rings (SSSR count). The molecule has 3 heteroatoms. The molecular formula is C16H17N3. The first-order chi connectivity index (χ1) is 9.33. The Kier molecular flexibility index (Phi) is 3.29. The van der Waals surface area contributed by atoms with Crippen LogP contribution in [0.4, 0.5) is 0 Å². The smallest absolute Gasteiger partial charge is 0.120 e. The highest BCUT2D eigenvalue weighted by atomic mass is 15.0. The molecule has 0 radical (unpaired) electrons. The van der Waals surface area contributed by atoms with Crippen molar-refractivity contribution in [2.24, 2.45) is 0 Å². The maximum Gasteiger partial charge on any atom is 0.120 e. The molecular weight excluding hydrogens is 234 g/mol. The van der Waals surface area contributed by atoms with Crippen molar-refractivity contribution in [3.8, 4) is 0 Å². The monoisotopic (exact) mass is 251 g/mol. The third-order valence-electron chi connectivity index (χ3n) is 3.40. The molecule has 3 aromatic rings. The Balaban J connectivity index is 1.75. The lowest BCUT2D eigenvalue weighted by Gasteiger charge is -2.14. The number of fused-ring (bicyclic) bond motifs is 1. The fourth-order valence-corrected chi connectivity index (χ4v) is 2.24. The van der Waals surface area contributed by atoms with Crippen molar-refractivity contribution in [1.29, 1.82) is 0 Å². The number of aromatic nitrogens is 2. The topological polar surface area (TPSA) is 40.7 Å². The van der Waals surface area contributed by atoms with Crippen molar-refractivity contribution in [3.05, 3.63) is 66.2 Å². The maximum absolute atomic E-state index is 4.21. The first-order valence-corrected chi connectivity index (χ1v) is 6.53. The number of rotatable bonds is 4. The second kappa shape index (κ2) is 5.24. The van der Waals surface area contributed by atoms with Gasteiger partial charge in [-0.15, -0.1) is 0 Å². The van der Waals surface area contributed by atoms with Crippen LogP contribution in [0, 0.1) is 0 Å². The van der Waals surface area contributed by atoms with Crippen molar-refractivity contribution in [1.82, 2.24) is 15.3 Å². The number of aromatic amines is 1.